The van der Waals surface area contributed by atoms with Gasteiger partial charge in [-0.25, -0.2) is 0 Å². The van der Waals surface area contributed by atoms with Crippen LogP contribution in [0.25, 0.3) is 11.3 Å². The molecule has 17 heavy (non-hydrogen) atoms. The van der Waals surface area contributed by atoms with Gasteiger partial charge in [-0.1, -0.05) is 23.7 Å². The normalized spacial score (nSPS) is 15.2. The molecule has 0 aliphatic heterocycles. The van der Waals surface area contributed by atoms with E-state index in [1.165, 1.54) is 29.8 Å². The highest BCUT2D eigenvalue weighted by atomic mass is 35.5. The maximum atomic E-state index is 5.93. The highest BCUT2D eigenvalue weighted by molar-refractivity contribution is 6.30. The zero-order valence-electron chi connectivity index (χ0n) is 9.99. The topological polar surface area (TPSA) is 4.93 Å². The number of hydrogen-bond donors (Lipinski definition) is 0. The largest absolute Gasteiger partial charge is 0.345 e. The minimum atomic E-state index is 0.797. The second kappa shape index (κ2) is 4.23. The van der Waals surface area contributed by atoms with Gasteiger partial charge in [-0.2, -0.15) is 0 Å². The average Bonchev–Trinajstić information content (AvgIpc) is 3.07. The van der Waals surface area contributed by atoms with Crippen LogP contribution in [0, 0.1) is 12.8 Å². The van der Waals surface area contributed by atoms with E-state index >= 15 is 0 Å². The molecule has 1 aliphatic carbocycles. The summed E-state index contributed by atoms with van der Waals surface area (Å²) in [6.45, 7) is 3.35. The van der Waals surface area contributed by atoms with Crippen LogP contribution in [0.2, 0.25) is 5.02 Å². The van der Waals surface area contributed by atoms with Crippen LogP contribution in [0.5, 0.6) is 0 Å². The number of aromatic nitrogens is 1. The van der Waals surface area contributed by atoms with E-state index in [-0.39, 0.29) is 0 Å². The average molecular weight is 246 g/mol. The van der Waals surface area contributed by atoms with Gasteiger partial charge in [-0.3, -0.25) is 0 Å². The van der Waals surface area contributed by atoms with Crippen LogP contribution in [0.15, 0.2) is 36.4 Å². The highest BCUT2D eigenvalue weighted by Gasteiger charge is 2.23. The molecule has 1 nitrogen and oxygen atoms in total. The van der Waals surface area contributed by atoms with Gasteiger partial charge in [0.05, 0.1) is 0 Å². The number of halogens is 1. The van der Waals surface area contributed by atoms with E-state index in [0.717, 1.165) is 17.5 Å². The summed E-state index contributed by atoms with van der Waals surface area (Å²) in [6.07, 6.45) is 2.77. The summed E-state index contributed by atoms with van der Waals surface area (Å²) in [4.78, 5) is 0. The zero-order valence-corrected chi connectivity index (χ0v) is 10.7. The minimum absolute atomic E-state index is 0.797. The van der Waals surface area contributed by atoms with Crippen LogP contribution < -0.4 is 0 Å². The van der Waals surface area contributed by atoms with Crippen LogP contribution in [-0.4, -0.2) is 4.57 Å². The first-order valence-corrected chi connectivity index (χ1v) is 6.54. The molecule has 1 fully saturated rings. The molecule has 0 atom stereocenters. The summed E-state index contributed by atoms with van der Waals surface area (Å²) in [5, 5.41) is 0.797. The summed E-state index contributed by atoms with van der Waals surface area (Å²) in [5.41, 5.74) is 3.91. The second-order valence-electron chi connectivity index (χ2n) is 4.92. The number of aryl methyl sites for hydroxylation is 1. The molecule has 0 bridgehead atoms. The Morgan fingerprint density at radius 1 is 1.12 bits per heavy atom. The van der Waals surface area contributed by atoms with Gasteiger partial charge in [0.1, 0.15) is 0 Å². The molecule has 1 heterocycles. The molecule has 3 rings (SSSR count). The van der Waals surface area contributed by atoms with Crippen LogP contribution in [-0.2, 0) is 6.54 Å². The van der Waals surface area contributed by atoms with E-state index in [0.29, 0.717) is 0 Å². The van der Waals surface area contributed by atoms with E-state index in [9.17, 15) is 0 Å². The molecule has 0 N–H and O–H groups in total. The predicted molar refractivity (Wildman–Crippen MR) is 72.3 cm³/mol. The van der Waals surface area contributed by atoms with Gasteiger partial charge < -0.3 is 4.57 Å². The summed E-state index contributed by atoms with van der Waals surface area (Å²) in [6, 6.07) is 12.5. The molecule has 1 aliphatic rings. The Bertz CT molecular complexity index is 520. The Labute approximate surface area is 107 Å². The van der Waals surface area contributed by atoms with Crippen LogP contribution in [0.3, 0.4) is 0 Å². The van der Waals surface area contributed by atoms with Crippen molar-refractivity contribution in [1.29, 1.82) is 0 Å². The molecule has 1 saturated carbocycles. The lowest BCUT2D eigenvalue weighted by Gasteiger charge is -2.11. The van der Waals surface area contributed by atoms with E-state index in [1.54, 1.807) is 0 Å². The van der Waals surface area contributed by atoms with E-state index in [1.807, 2.05) is 12.1 Å². The monoisotopic (exact) mass is 245 g/mol. The third-order valence-corrected chi connectivity index (χ3v) is 3.73. The zero-order chi connectivity index (χ0) is 11.8. The Morgan fingerprint density at radius 2 is 1.82 bits per heavy atom. The van der Waals surface area contributed by atoms with Crippen molar-refractivity contribution in [1.82, 2.24) is 4.57 Å². The molecular weight excluding hydrogens is 230 g/mol. The molecular formula is C15H16ClN. The third-order valence-electron chi connectivity index (χ3n) is 3.48. The first-order chi connectivity index (χ1) is 8.24. The molecule has 88 valence electrons. The summed E-state index contributed by atoms with van der Waals surface area (Å²) in [7, 11) is 0. The first kappa shape index (κ1) is 10.9. The fourth-order valence-corrected chi connectivity index (χ4v) is 2.37. The van der Waals surface area contributed by atoms with Crippen molar-refractivity contribution >= 4 is 11.6 Å². The van der Waals surface area contributed by atoms with Crippen molar-refractivity contribution in [2.24, 2.45) is 5.92 Å². The second-order valence-corrected chi connectivity index (χ2v) is 5.36. The van der Waals surface area contributed by atoms with Crippen LogP contribution in [0.4, 0.5) is 0 Å². The lowest BCUT2D eigenvalue weighted by atomic mass is 10.1. The van der Waals surface area contributed by atoms with Gasteiger partial charge in [0.25, 0.3) is 0 Å². The highest BCUT2D eigenvalue weighted by Crippen LogP contribution is 2.33. The standard InChI is InChI=1S/C15H16ClN/c1-11-2-9-15(17(11)10-12-3-4-12)13-5-7-14(16)8-6-13/h2,5-9,12H,3-4,10H2,1H3. The molecule has 0 saturated heterocycles. The molecule has 1 aromatic carbocycles. The van der Waals surface area contributed by atoms with Crippen molar-refractivity contribution in [3.63, 3.8) is 0 Å². The molecule has 2 heteroatoms. The third kappa shape index (κ3) is 2.25. The van der Waals surface area contributed by atoms with Gasteiger partial charge in [0.15, 0.2) is 0 Å². The van der Waals surface area contributed by atoms with Crippen molar-refractivity contribution < 1.29 is 0 Å². The maximum absolute atomic E-state index is 5.93. The lowest BCUT2D eigenvalue weighted by molar-refractivity contribution is 0.622. The SMILES string of the molecule is Cc1ccc(-c2ccc(Cl)cc2)n1CC1CC1. The Hall–Kier alpha value is -1.21. The van der Waals surface area contributed by atoms with Gasteiger partial charge in [-0.15, -0.1) is 0 Å². The van der Waals surface area contributed by atoms with E-state index < -0.39 is 0 Å². The van der Waals surface area contributed by atoms with Crippen molar-refractivity contribution in [2.45, 2.75) is 26.3 Å². The number of nitrogens with zero attached hydrogens (tertiary/aromatic N) is 1. The Balaban J connectivity index is 1.98. The van der Waals surface area contributed by atoms with Crippen LogP contribution >= 0.6 is 11.6 Å². The van der Waals surface area contributed by atoms with Gasteiger partial charge >= 0.3 is 0 Å². The summed E-state index contributed by atoms with van der Waals surface area (Å²) < 4.78 is 2.43. The first-order valence-electron chi connectivity index (χ1n) is 6.16. The number of benzene rings is 1. The smallest absolute Gasteiger partial charge is 0.0482 e. The Morgan fingerprint density at radius 3 is 2.47 bits per heavy atom. The van der Waals surface area contributed by atoms with Gasteiger partial charge in [0.2, 0.25) is 0 Å². The van der Waals surface area contributed by atoms with E-state index in [4.69, 9.17) is 11.6 Å². The summed E-state index contributed by atoms with van der Waals surface area (Å²) >= 11 is 5.93. The van der Waals surface area contributed by atoms with Crippen molar-refractivity contribution in [3.8, 4) is 11.3 Å². The summed E-state index contributed by atoms with van der Waals surface area (Å²) in [5.74, 6) is 0.896. The van der Waals surface area contributed by atoms with Crippen molar-refractivity contribution in [2.75, 3.05) is 0 Å². The van der Waals surface area contributed by atoms with E-state index in [2.05, 4.69) is 35.8 Å². The molecule has 2 aromatic rings. The Kier molecular flexibility index (Phi) is 2.71. The molecule has 1 aromatic heterocycles. The van der Waals surface area contributed by atoms with Gasteiger partial charge in [-0.05, 0) is 55.5 Å². The maximum Gasteiger partial charge on any atom is 0.0482 e. The molecule has 0 radical (unpaired) electrons. The predicted octanol–water partition coefficient (Wildman–Crippen LogP) is 4.53. The molecule has 0 amide bonds. The molecule has 0 unspecified atom stereocenters. The van der Waals surface area contributed by atoms with Gasteiger partial charge in [0, 0.05) is 23.0 Å². The lowest BCUT2D eigenvalue weighted by Crippen LogP contribution is -2.03. The number of hydrogen-bond acceptors (Lipinski definition) is 0. The molecule has 0 spiro atoms. The number of rotatable bonds is 3. The minimum Gasteiger partial charge on any atom is -0.345 e. The quantitative estimate of drug-likeness (QED) is 0.749. The fraction of sp³-hybridized carbons (Fsp3) is 0.333. The fourth-order valence-electron chi connectivity index (χ4n) is 2.24. The van der Waals surface area contributed by atoms with Crippen LogP contribution in [0.1, 0.15) is 18.5 Å². The van der Waals surface area contributed by atoms with Crippen molar-refractivity contribution in [3.05, 3.63) is 47.1 Å².